The molecule has 1 atom stereocenters. The summed E-state index contributed by atoms with van der Waals surface area (Å²) < 4.78 is 31.7. The van der Waals surface area contributed by atoms with Crippen molar-refractivity contribution in [2.45, 2.75) is 31.7 Å². The van der Waals surface area contributed by atoms with Crippen LogP contribution in [-0.4, -0.2) is 30.9 Å². The minimum Gasteiger partial charge on any atom is -0.488 e. The van der Waals surface area contributed by atoms with Gasteiger partial charge >= 0.3 is 0 Å². The molecule has 0 saturated heterocycles. The second kappa shape index (κ2) is 7.40. The Kier molecular flexibility index (Phi) is 6.18. The molecular weight excluding hydrogens is 252 g/mol. The number of rotatable bonds is 8. The fraction of sp³-hybridized carbons (Fsp3) is 0.571. The van der Waals surface area contributed by atoms with Crippen molar-refractivity contribution >= 4 is 0 Å². The first kappa shape index (κ1) is 15.9. The molecule has 0 amide bonds. The third-order valence-corrected chi connectivity index (χ3v) is 3.47. The maximum Gasteiger partial charge on any atom is 0.190 e. The number of hydrogen-bond donors (Lipinski definition) is 2. The molecule has 0 aliphatic rings. The lowest BCUT2D eigenvalue weighted by Gasteiger charge is -2.30. The van der Waals surface area contributed by atoms with Crippen LogP contribution in [-0.2, 0) is 0 Å². The molecule has 0 bridgehead atoms. The lowest BCUT2D eigenvalue weighted by molar-refractivity contribution is 0.144. The van der Waals surface area contributed by atoms with Gasteiger partial charge in [0.25, 0.3) is 0 Å². The third kappa shape index (κ3) is 4.14. The first-order chi connectivity index (χ1) is 9.08. The number of halogens is 2. The van der Waals surface area contributed by atoms with Gasteiger partial charge in [-0.15, -0.1) is 0 Å². The molecule has 2 N–H and O–H groups in total. The van der Waals surface area contributed by atoms with Crippen molar-refractivity contribution in [1.29, 1.82) is 0 Å². The molecule has 1 rings (SSSR count). The molecule has 108 valence electrons. The number of likely N-dealkylation sites (N-methyl/N-ethyl adjacent to an activating group) is 1. The maximum absolute atomic E-state index is 13.3. The fourth-order valence-electron chi connectivity index (χ4n) is 1.95. The molecule has 0 aromatic heterocycles. The fourth-order valence-corrected chi connectivity index (χ4v) is 1.95. The highest BCUT2D eigenvalue weighted by atomic mass is 19.1. The largest absolute Gasteiger partial charge is 0.488 e. The van der Waals surface area contributed by atoms with Gasteiger partial charge in [0.1, 0.15) is 0 Å². The van der Waals surface area contributed by atoms with Crippen LogP contribution in [0.1, 0.15) is 26.2 Å². The minimum atomic E-state index is -0.697. The van der Waals surface area contributed by atoms with Gasteiger partial charge in [-0.3, -0.25) is 0 Å². The Bertz CT molecular complexity index is 367. The first-order valence-corrected chi connectivity index (χ1v) is 6.45. The lowest BCUT2D eigenvalue weighted by atomic mass is 9.92. The van der Waals surface area contributed by atoms with Gasteiger partial charge in [0.15, 0.2) is 17.4 Å². The van der Waals surface area contributed by atoms with Gasteiger partial charge in [-0.2, -0.15) is 0 Å². The summed E-state index contributed by atoms with van der Waals surface area (Å²) in [5, 5.41) is 12.4. The Hall–Kier alpha value is -1.20. The molecule has 0 spiro atoms. The molecule has 1 aromatic carbocycles. The van der Waals surface area contributed by atoms with E-state index >= 15 is 0 Å². The zero-order valence-corrected chi connectivity index (χ0v) is 11.4. The van der Waals surface area contributed by atoms with Crippen molar-refractivity contribution in [2.24, 2.45) is 0 Å². The molecule has 0 aliphatic carbocycles. The van der Waals surface area contributed by atoms with Crippen molar-refractivity contribution in [3.05, 3.63) is 29.8 Å². The zero-order valence-electron chi connectivity index (χ0n) is 11.4. The van der Waals surface area contributed by atoms with E-state index < -0.39 is 11.6 Å². The van der Waals surface area contributed by atoms with Gasteiger partial charge in [0, 0.05) is 5.54 Å². The molecule has 19 heavy (non-hydrogen) atoms. The second-order valence-corrected chi connectivity index (χ2v) is 4.54. The molecule has 1 unspecified atom stereocenters. The topological polar surface area (TPSA) is 41.5 Å². The van der Waals surface area contributed by atoms with Gasteiger partial charge in [-0.1, -0.05) is 13.0 Å². The van der Waals surface area contributed by atoms with Crippen LogP contribution < -0.4 is 10.1 Å². The highest BCUT2D eigenvalue weighted by molar-refractivity contribution is 5.25. The molecule has 0 radical (unpaired) electrons. The normalized spacial score (nSPS) is 14.2. The van der Waals surface area contributed by atoms with E-state index in [0.717, 1.165) is 18.6 Å². The van der Waals surface area contributed by atoms with Crippen molar-refractivity contribution in [1.82, 2.24) is 5.32 Å². The van der Waals surface area contributed by atoms with Gasteiger partial charge in [0.05, 0.1) is 13.2 Å². The lowest BCUT2D eigenvalue weighted by Crippen LogP contribution is -2.46. The molecule has 0 saturated carbocycles. The van der Waals surface area contributed by atoms with E-state index in [1.165, 1.54) is 6.07 Å². The van der Waals surface area contributed by atoms with Crippen LogP contribution in [0.3, 0.4) is 0 Å². The van der Waals surface area contributed by atoms with Crippen LogP contribution in [0.25, 0.3) is 0 Å². The summed E-state index contributed by atoms with van der Waals surface area (Å²) in [6, 6.07) is 3.62. The predicted octanol–water partition coefficient (Wildman–Crippen LogP) is 2.48. The smallest absolute Gasteiger partial charge is 0.190 e. The van der Waals surface area contributed by atoms with Crippen LogP contribution in [0.5, 0.6) is 5.75 Å². The average molecular weight is 273 g/mol. The van der Waals surface area contributed by atoms with Crippen LogP contribution in [0.15, 0.2) is 18.2 Å². The van der Waals surface area contributed by atoms with Crippen LogP contribution in [0.4, 0.5) is 8.78 Å². The number of aliphatic hydroxyl groups is 1. The van der Waals surface area contributed by atoms with E-state index in [2.05, 4.69) is 5.32 Å². The van der Waals surface area contributed by atoms with E-state index in [0.29, 0.717) is 12.8 Å². The maximum atomic E-state index is 13.3. The molecule has 1 aromatic rings. The van der Waals surface area contributed by atoms with Gasteiger partial charge in [-0.05, 0) is 38.4 Å². The van der Waals surface area contributed by atoms with E-state index in [-0.39, 0.29) is 24.5 Å². The van der Waals surface area contributed by atoms with Crippen LogP contribution in [0, 0.1) is 11.6 Å². The Morgan fingerprint density at radius 1 is 1.32 bits per heavy atom. The standard InChI is InChI=1S/C14H21F2NO2/c1-3-14(10-18,17-2)8-5-9-19-13-11(15)6-4-7-12(13)16/h4,6-7,17-18H,3,5,8-10H2,1-2H3. The van der Waals surface area contributed by atoms with Crippen molar-refractivity contribution < 1.29 is 18.6 Å². The Morgan fingerprint density at radius 2 is 1.95 bits per heavy atom. The van der Waals surface area contributed by atoms with Gasteiger partial charge < -0.3 is 15.2 Å². The summed E-state index contributed by atoms with van der Waals surface area (Å²) in [4.78, 5) is 0. The van der Waals surface area contributed by atoms with Gasteiger partial charge in [0.2, 0.25) is 0 Å². The number of ether oxygens (including phenoxy) is 1. The SMILES string of the molecule is CCC(CO)(CCCOc1c(F)cccc1F)NC. The highest BCUT2D eigenvalue weighted by Crippen LogP contribution is 2.22. The monoisotopic (exact) mass is 273 g/mol. The van der Waals surface area contributed by atoms with Crippen molar-refractivity contribution in [3.8, 4) is 5.75 Å². The van der Waals surface area contributed by atoms with Gasteiger partial charge in [-0.25, -0.2) is 8.78 Å². The third-order valence-electron chi connectivity index (χ3n) is 3.47. The molecule has 3 nitrogen and oxygen atoms in total. The van der Waals surface area contributed by atoms with Crippen molar-refractivity contribution in [2.75, 3.05) is 20.3 Å². The Labute approximate surface area is 112 Å². The highest BCUT2D eigenvalue weighted by Gasteiger charge is 2.24. The minimum absolute atomic E-state index is 0.0219. The van der Waals surface area contributed by atoms with Crippen LogP contribution >= 0.6 is 0 Å². The Morgan fingerprint density at radius 3 is 2.42 bits per heavy atom. The molecular formula is C14H21F2NO2. The predicted molar refractivity (Wildman–Crippen MR) is 70.3 cm³/mol. The number of nitrogens with one attached hydrogen (secondary N) is 1. The first-order valence-electron chi connectivity index (χ1n) is 6.45. The summed E-state index contributed by atoms with van der Waals surface area (Å²) >= 11 is 0. The molecule has 0 heterocycles. The zero-order chi connectivity index (χ0) is 14.3. The summed E-state index contributed by atoms with van der Waals surface area (Å²) in [5.74, 6) is -1.73. The number of hydrogen-bond acceptors (Lipinski definition) is 3. The van der Waals surface area contributed by atoms with E-state index in [1.807, 2.05) is 6.92 Å². The number of para-hydroxylation sites is 1. The Balaban J connectivity index is 2.47. The summed E-state index contributed by atoms with van der Waals surface area (Å²) in [6.07, 6.45) is 2.05. The number of aliphatic hydroxyl groups excluding tert-OH is 1. The summed E-state index contributed by atoms with van der Waals surface area (Å²) in [7, 11) is 1.79. The average Bonchev–Trinajstić information content (AvgIpc) is 2.42. The van der Waals surface area contributed by atoms with Crippen molar-refractivity contribution in [3.63, 3.8) is 0 Å². The molecule has 5 heteroatoms. The van der Waals surface area contributed by atoms with E-state index in [9.17, 15) is 13.9 Å². The quantitative estimate of drug-likeness (QED) is 0.715. The van der Waals surface area contributed by atoms with E-state index in [4.69, 9.17) is 4.74 Å². The second-order valence-electron chi connectivity index (χ2n) is 4.54. The molecule has 0 aliphatic heterocycles. The van der Waals surface area contributed by atoms with Crippen LogP contribution in [0.2, 0.25) is 0 Å². The summed E-state index contributed by atoms with van der Waals surface area (Å²) in [6.45, 7) is 2.21. The number of benzene rings is 1. The summed E-state index contributed by atoms with van der Waals surface area (Å²) in [5.41, 5.74) is -0.350. The van der Waals surface area contributed by atoms with E-state index in [1.54, 1.807) is 7.05 Å². The molecule has 0 fully saturated rings.